The fourth-order valence-electron chi connectivity index (χ4n) is 4.68. The first-order valence-electron chi connectivity index (χ1n) is 7.88. The summed E-state index contributed by atoms with van der Waals surface area (Å²) in [6.45, 7) is 7.03. The van der Waals surface area contributed by atoms with Crippen LogP contribution < -0.4 is 5.73 Å². The van der Waals surface area contributed by atoms with Gasteiger partial charge in [-0.05, 0) is 46.0 Å². The molecule has 4 heteroatoms. The first kappa shape index (κ1) is 13.8. The van der Waals surface area contributed by atoms with Crippen molar-refractivity contribution in [1.29, 1.82) is 0 Å². The molecule has 2 heterocycles. The molecule has 0 aromatic heterocycles. The Morgan fingerprint density at radius 3 is 2.63 bits per heavy atom. The van der Waals surface area contributed by atoms with Gasteiger partial charge in [-0.25, -0.2) is 0 Å². The summed E-state index contributed by atoms with van der Waals surface area (Å²) in [7, 11) is 0. The zero-order chi connectivity index (χ0) is 13.5. The molecule has 2 saturated heterocycles. The van der Waals surface area contributed by atoms with Crippen molar-refractivity contribution in [3.05, 3.63) is 0 Å². The molecule has 0 aromatic carbocycles. The third-order valence-corrected chi connectivity index (χ3v) is 5.27. The molecule has 3 rings (SSSR count). The summed E-state index contributed by atoms with van der Waals surface area (Å²) in [6, 6.07) is 0.592. The van der Waals surface area contributed by atoms with E-state index in [4.69, 9.17) is 15.2 Å². The molecular formula is C15H28N2O2. The minimum Gasteiger partial charge on any atom is -0.375 e. The molecule has 0 aromatic rings. The second kappa shape index (κ2) is 5.32. The fourth-order valence-corrected chi connectivity index (χ4v) is 4.68. The van der Waals surface area contributed by atoms with Crippen molar-refractivity contribution in [2.75, 3.05) is 19.7 Å². The summed E-state index contributed by atoms with van der Waals surface area (Å²) >= 11 is 0. The second-order valence-electron chi connectivity index (χ2n) is 6.69. The summed E-state index contributed by atoms with van der Waals surface area (Å²) in [5, 5.41) is 0. The SMILES string of the molecule is CC1CC(CN)(N2CCOC3CCCC32)CC(C)O1. The Labute approximate surface area is 116 Å². The van der Waals surface area contributed by atoms with E-state index in [0.29, 0.717) is 24.4 Å². The van der Waals surface area contributed by atoms with Gasteiger partial charge in [0.2, 0.25) is 0 Å². The molecule has 4 atom stereocenters. The van der Waals surface area contributed by atoms with Crippen LogP contribution in [-0.4, -0.2) is 54.5 Å². The van der Waals surface area contributed by atoms with E-state index >= 15 is 0 Å². The number of fused-ring (bicyclic) bond motifs is 1. The lowest BCUT2D eigenvalue weighted by Crippen LogP contribution is -2.66. The molecule has 0 amide bonds. The van der Waals surface area contributed by atoms with Gasteiger partial charge in [-0.15, -0.1) is 0 Å². The van der Waals surface area contributed by atoms with Crippen LogP contribution in [0.5, 0.6) is 0 Å². The van der Waals surface area contributed by atoms with Crippen molar-refractivity contribution in [2.24, 2.45) is 5.73 Å². The largest absolute Gasteiger partial charge is 0.375 e. The van der Waals surface area contributed by atoms with E-state index in [2.05, 4.69) is 18.7 Å². The van der Waals surface area contributed by atoms with E-state index in [1.165, 1.54) is 19.3 Å². The topological polar surface area (TPSA) is 47.7 Å². The minimum absolute atomic E-state index is 0.133. The van der Waals surface area contributed by atoms with E-state index in [0.717, 1.165) is 32.5 Å². The predicted molar refractivity (Wildman–Crippen MR) is 75.1 cm³/mol. The minimum atomic E-state index is 0.133. The van der Waals surface area contributed by atoms with E-state index in [1.807, 2.05) is 0 Å². The number of hydrogen-bond donors (Lipinski definition) is 1. The summed E-state index contributed by atoms with van der Waals surface area (Å²) < 4.78 is 11.9. The average Bonchev–Trinajstić information content (AvgIpc) is 2.85. The number of hydrogen-bond acceptors (Lipinski definition) is 4. The monoisotopic (exact) mass is 268 g/mol. The van der Waals surface area contributed by atoms with Crippen molar-refractivity contribution in [3.8, 4) is 0 Å². The first-order valence-corrected chi connectivity index (χ1v) is 7.88. The van der Waals surface area contributed by atoms with E-state index in [-0.39, 0.29) is 5.54 Å². The molecular weight excluding hydrogens is 240 g/mol. The van der Waals surface area contributed by atoms with Crippen LogP contribution >= 0.6 is 0 Å². The molecule has 110 valence electrons. The van der Waals surface area contributed by atoms with Gasteiger partial charge >= 0.3 is 0 Å². The highest BCUT2D eigenvalue weighted by Gasteiger charge is 2.49. The average molecular weight is 268 g/mol. The van der Waals surface area contributed by atoms with Crippen LogP contribution in [0.3, 0.4) is 0 Å². The standard InChI is InChI=1S/C15H28N2O2/c1-11-8-15(10-16,9-12(2)19-11)17-6-7-18-14-5-3-4-13(14)17/h11-14H,3-10,16H2,1-2H3. The maximum Gasteiger partial charge on any atom is 0.0731 e. The Balaban J connectivity index is 1.83. The maximum absolute atomic E-state index is 6.24. The zero-order valence-corrected chi connectivity index (χ0v) is 12.3. The number of ether oxygens (including phenoxy) is 2. The lowest BCUT2D eigenvalue weighted by molar-refractivity contribution is -0.152. The molecule has 2 N–H and O–H groups in total. The Hall–Kier alpha value is -0.160. The third-order valence-electron chi connectivity index (χ3n) is 5.27. The van der Waals surface area contributed by atoms with Crippen LogP contribution in [0, 0.1) is 0 Å². The molecule has 4 unspecified atom stereocenters. The molecule has 1 saturated carbocycles. The lowest BCUT2D eigenvalue weighted by Gasteiger charge is -2.54. The van der Waals surface area contributed by atoms with Gasteiger partial charge in [-0.3, -0.25) is 4.90 Å². The van der Waals surface area contributed by atoms with Crippen LogP contribution in [0.15, 0.2) is 0 Å². The Morgan fingerprint density at radius 1 is 1.21 bits per heavy atom. The van der Waals surface area contributed by atoms with Gasteiger partial charge in [0.15, 0.2) is 0 Å². The van der Waals surface area contributed by atoms with E-state index < -0.39 is 0 Å². The summed E-state index contributed by atoms with van der Waals surface area (Å²) in [6.07, 6.45) is 7.01. The Morgan fingerprint density at radius 2 is 1.95 bits per heavy atom. The van der Waals surface area contributed by atoms with Gasteiger partial charge in [0, 0.05) is 24.7 Å². The first-order chi connectivity index (χ1) is 9.14. The number of nitrogens with two attached hydrogens (primary N) is 1. The lowest BCUT2D eigenvalue weighted by atomic mass is 9.80. The van der Waals surface area contributed by atoms with Crippen LogP contribution in [0.2, 0.25) is 0 Å². The van der Waals surface area contributed by atoms with Crippen molar-refractivity contribution >= 4 is 0 Å². The maximum atomic E-state index is 6.24. The van der Waals surface area contributed by atoms with Crippen LogP contribution in [0.1, 0.15) is 46.0 Å². The molecule has 0 radical (unpaired) electrons. The smallest absolute Gasteiger partial charge is 0.0731 e. The normalized spacial score (nSPS) is 48.2. The van der Waals surface area contributed by atoms with Crippen molar-refractivity contribution < 1.29 is 9.47 Å². The van der Waals surface area contributed by atoms with Crippen molar-refractivity contribution in [3.63, 3.8) is 0 Å². The summed E-state index contributed by atoms with van der Waals surface area (Å²) in [4.78, 5) is 2.70. The Bertz CT molecular complexity index is 313. The highest BCUT2D eigenvalue weighted by atomic mass is 16.5. The molecule has 0 bridgehead atoms. The van der Waals surface area contributed by atoms with Gasteiger partial charge in [0.05, 0.1) is 24.9 Å². The second-order valence-corrected chi connectivity index (χ2v) is 6.69. The van der Waals surface area contributed by atoms with Gasteiger partial charge in [0.25, 0.3) is 0 Å². The quantitative estimate of drug-likeness (QED) is 0.825. The van der Waals surface area contributed by atoms with Crippen molar-refractivity contribution in [1.82, 2.24) is 4.90 Å². The van der Waals surface area contributed by atoms with Crippen LogP contribution in [-0.2, 0) is 9.47 Å². The van der Waals surface area contributed by atoms with Gasteiger partial charge in [-0.2, -0.15) is 0 Å². The molecule has 3 fully saturated rings. The van der Waals surface area contributed by atoms with Gasteiger partial charge in [-0.1, -0.05) is 0 Å². The Kier molecular flexibility index (Phi) is 3.87. The number of nitrogens with zero attached hydrogens (tertiary/aromatic N) is 1. The number of rotatable bonds is 2. The van der Waals surface area contributed by atoms with Crippen LogP contribution in [0.4, 0.5) is 0 Å². The summed E-state index contributed by atoms with van der Waals surface area (Å²) in [5.74, 6) is 0. The van der Waals surface area contributed by atoms with Crippen LogP contribution in [0.25, 0.3) is 0 Å². The highest BCUT2D eigenvalue weighted by molar-refractivity contribution is 5.03. The zero-order valence-electron chi connectivity index (χ0n) is 12.3. The molecule has 3 aliphatic rings. The summed E-state index contributed by atoms with van der Waals surface area (Å²) in [5.41, 5.74) is 6.37. The molecule has 2 aliphatic heterocycles. The van der Waals surface area contributed by atoms with E-state index in [1.54, 1.807) is 0 Å². The van der Waals surface area contributed by atoms with Crippen molar-refractivity contribution in [2.45, 2.75) is 75.8 Å². The third kappa shape index (κ3) is 2.44. The van der Waals surface area contributed by atoms with E-state index in [9.17, 15) is 0 Å². The molecule has 19 heavy (non-hydrogen) atoms. The van der Waals surface area contributed by atoms with Gasteiger partial charge in [0.1, 0.15) is 0 Å². The molecule has 1 aliphatic carbocycles. The van der Waals surface area contributed by atoms with Gasteiger partial charge < -0.3 is 15.2 Å². The fraction of sp³-hybridized carbons (Fsp3) is 1.00. The highest BCUT2D eigenvalue weighted by Crippen LogP contribution is 2.40. The predicted octanol–water partition coefficient (Wildman–Crippen LogP) is 1.52. The number of morpholine rings is 1. The molecule has 4 nitrogen and oxygen atoms in total. The molecule has 0 spiro atoms.